The van der Waals surface area contributed by atoms with Crippen LogP contribution in [0.1, 0.15) is 28.3 Å². The number of carbonyl (C=O) groups is 6. The van der Waals surface area contributed by atoms with Crippen molar-refractivity contribution in [2.45, 2.75) is 24.0 Å². The molecule has 2 unspecified atom stereocenters. The van der Waals surface area contributed by atoms with Crippen LogP contribution in [0.2, 0.25) is 0 Å². The summed E-state index contributed by atoms with van der Waals surface area (Å²) in [7, 11) is 2.89. The number of ketones is 4. The highest BCUT2D eigenvalue weighted by atomic mass is 16.4. The summed E-state index contributed by atoms with van der Waals surface area (Å²) in [5.74, 6) is -15.6. The Labute approximate surface area is 187 Å². The third-order valence-electron chi connectivity index (χ3n) is 7.22. The van der Waals surface area contributed by atoms with Crippen LogP contribution >= 0.6 is 0 Å². The SMILES string of the molecule is CN(C)[C@@H]1C(=O)C(C(N)=O)C(=O)[C@@]2(O)C(=O)C3C(=O)c4c(O)cccc4[C@@H](C(=O)O)[C@H]3C[C@@H]12. The molecule has 4 rings (SSSR count). The minimum atomic E-state index is -2.90. The Balaban J connectivity index is 1.96. The predicted molar refractivity (Wildman–Crippen MR) is 108 cm³/mol. The molecular formula is C22H22N2O9. The van der Waals surface area contributed by atoms with Gasteiger partial charge in [-0.3, -0.25) is 33.7 Å². The minimum absolute atomic E-state index is 0.0110. The van der Waals surface area contributed by atoms with Gasteiger partial charge in [-0.15, -0.1) is 0 Å². The van der Waals surface area contributed by atoms with Crippen molar-refractivity contribution in [2.75, 3.05) is 14.1 Å². The topological polar surface area (TPSA) is 192 Å². The molecule has 174 valence electrons. The zero-order chi connectivity index (χ0) is 24.6. The van der Waals surface area contributed by atoms with Crippen LogP contribution < -0.4 is 5.73 Å². The van der Waals surface area contributed by atoms with Crippen molar-refractivity contribution in [1.29, 1.82) is 0 Å². The minimum Gasteiger partial charge on any atom is -0.507 e. The standard InChI is InChI=1S/C22H22N2O9/c1-24(2)15-9-6-8-11(21(31)32)7-4-3-5-10(25)12(7)16(26)13(8)18(28)22(9,33)19(29)14(17(15)27)20(23)30/h3-5,8-9,11,13-15,25,33H,6H2,1-2H3,(H2,23,30)(H,31,32)/t8-,9+,11-,13?,14?,15+,22+/m1/s1. The number of benzene rings is 1. The maximum atomic E-state index is 13.6. The lowest BCUT2D eigenvalue weighted by Crippen LogP contribution is -2.74. The Morgan fingerprint density at radius 3 is 2.30 bits per heavy atom. The summed E-state index contributed by atoms with van der Waals surface area (Å²) in [4.78, 5) is 78.6. The average Bonchev–Trinajstić information content (AvgIpc) is 2.70. The van der Waals surface area contributed by atoms with Crippen LogP contribution in [0.3, 0.4) is 0 Å². The molecule has 0 aliphatic heterocycles. The first-order valence-corrected chi connectivity index (χ1v) is 10.2. The van der Waals surface area contributed by atoms with Gasteiger partial charge in [0, 0.05) is 5.92 Å². The van der Waals surface area contributed by atoms with E-state index < -0.39 is 82.0 Å². The van der Waals surface area contributed by atoms with Gasteiger partial charge in [0.05, 0.1) is 23.4 Å². The molecule has 11 nitrogen and oxygen atoms in total. The molecule has 0 heterocycles. The van der Waals surface area contributed by atoms with Crippen molar-refractivity contribution in [3.63, 3.8) is 0 Å². The second kappa shape index (κ2) is 7.29. The van der Waals surface area contributed by atoms with Crippen molar-refractivity contribution in [3.8, 4) is 5.75 Å². The maximum Gasteiger partial charge on any atom is 0.311 e. The predicted octanol–water partition coefficient (Wildman–Crippen LogP) is -1.51. The van der Waals surface area contributed by atoms with E-state index in [4.69, 9.17) is 5.73 Å². The number of rotatable bonds is 3. The molecule has 0 bridgehead atoms. The number of aliphatic hydroxyl groups is 1. The third kappa shape index (κ3) is 2.82. The molecule has 0 radical (unpaired) electrons. The Morgan fingerprint density at radius 1 is 1.12 bits per heavy atom. The van der Waals surface area contributed by atoms with Gasteiger partial charge in [-0.25, -0.2) is 0 Å². The normalized spacial score (nSPS) is 35.6. The van der Waals surface area contributed by atoms with Crippen LogP contribution in [0.4, 0.5) is 0 Å². The number of phenols is 1. The molecule has 11 heteroatoms. The maximum absolute atomic E-state index is 13.6. The van der Waals surface area contributed by atoms with Gasteiger partial charge in [0.2, 0.25) is 5.91 Å². The van der Waals surface area contributed by atoms with E-state index in [0.717, 1.165) is 6.07 Å². The lowest BCUT2D eigenvalue weighted by atomic mass is 9.50. The molecule has 1 amide bonds. The smallest absolute Gasteiger partial charge is 0.311 e. The largest absolute Gasteiger partial charge is 0.507 e. The third-order valence-corrected chi connectivity index (χ3v) is 7.22. The number of nitrogens with two attached hydrogens (primary N) is 1. The summed E-state index contributed by atoms with van der Waals surface area (Å²) in [6.07, 6.45) is -0.337. The van der Waals surface area contributed by atoms with Gasteiger partial charge < -0.3 is 21.1 Å². The van der Waals surface area contributed by atoms with Gasteiger partial charge in [-0.2, -0.15) is 0 Å². The van der Waals surface area contributed by atoms with Crippen LogP contribution in [0, 0.1) is 23.7 Å². The van der Waals surface area contributed by atoms with E-state index in [0.29, 0.717) is 0 Å². The van der Waals surface area contributed by atoms with E-state index in [9.17, 15) is 44.1 Å². The molecule has 2 fully saturated rings. The molecule has 3 aliphatic carbocycles. The summed E-state index contributed by atoms with van der Waals surface area (Å²) in [6, 6.07) is 2.59. The number of amides is 1. The lowest BCUT2D eigenvalue weighted by Gasteiger charge is -2.53. The second-order valence-electron chi connectivity index (χ2n) is 9.05. The average molecular weight is 458 g/mol. The highest BCUT2D eigenvalue weighted by Crippen LogP contribution is 2.54. The van der Waals surface area contributed by atoms with Gasteiger partial charge in [0.25, 0.3) is 0 Å². The number of hydrogen-bond donors (Lipinski definition) is 4. The van der Waals surface area contributed by atoms with E-state index in [1.165, 1.54) is 31.1 Å². The number of carboxylic acids is 1. The number of phenolic OH excluding ortho intramolecular Hbond substituents is 1. The van der Waals surface area contributed by atoms with Crippen molar-refractivity contribution in [1.82, 2.24) is 4.90 Å². The number of aromatic hydroxyl groups is 1. The number of likely N-dealkylation sites (N-methyl/N-ethyl adjacent to an activating group) is 1. The first kappa shape index (κ1) is 22.7. The number of Topliss-reactive ketones (excluding diaryl/α,β-unsaturated/α-hetero) is 4. The lowest BCUT2D eigenvalue weighted by molar-refractivity contribution is -0.182. The number of carbonyl (C=O) groups excluding carboxylic acids is 5. The monoisotopic (exact) mass is 458 g/mol. The molecule has 3 aliphatic rings. The molecule has 0 saturated heterocycles. The number of aliphatic carboxylic acids is 1. The summed E-state index contributed by atoms with van der Waals surface area (Å²) >= 11 is 0. The van der Waals surface area contributed by atoms with Crippen LogP contribution in [-0.2, 0) is 24.0 Å². The van der Waals surface area contributed by atoms with Crippen LogP contribution in [0.15, 0.2) is 18.2 Å². The Hall–Kier alpha value is -3.44. The zero-order valence-electron chi connectivity index (χ0n) is 17.7. The molecule has 0 spiro atoms. The Bertz CT molecular complexity index is 1140. The van der Waals surface area contributed by atoms with Crippen LogP contribution in [-0.4, -0.2) is 81.0 Å². The van der Waals surface area contributed by atoms with E-state index in [1.54, 1.807) is 0 Å². The number of carboxylic acid groups (broad SMARTS) is 1. The fraction of sp³-hybridized carbons (Fsp3) is 0.455. The molecular weight excluding hydrogens is 436 g/mol. The molecule has 1 aromatic rings. The van der Waals surface area contributed by atoms with Gasteiger partial charge in [0.15, 0.2) is 34.7 Å². The van der Waals surface area contributed by atoms with Crippen molar-refractivity contribution < 1.29 is 44.1 Å². The zero-order valence-corrected chi connectivity index (χ0v) is 17.7. The first-order chi connectivity index (χ1) is 15.3. The molecule has 7 atom stereocenters. The molecule has 5 N–H and O–H groups in total. The summed E-state index contributed by atoms with van der Waals surface area (Å²) in [6.45, 7) is 0. The Morgan fingerprint density at radius 2 is 1.76 bits per heavy atom. The fourth-order valence-corrected chi connectivity index (χ4v) is 5.91. The summed E-state index contributed by atoms with van der Waals surface area (Å²) < 4.78 is 0. The van der Waals surface area contributed by atoms with E-state index >= 15 is 0 Å². The highest BCUT2D eigenvalue weighted by Gasteiger charge is 2.70. The van der Waals surface area contributed by atoms with Gasteiger partial charge in [-0.1, -0.05) is 12.1 Å². The molecule has 1 aromatic carbocycles. The fourth-order valence-electron chi connectivity index (χ4n) is 5.91. The van der Waals surface area contributed by atoms with Gasteiger partial charge in [-0.05, 0) is 38.1 Å². The number of fused-ring (bicyclic) bond motifs is 3. The quantitative estimate of drug-likeness (QED) is 0.387. The Kier molecular flexibility index (Phi) is 5.02. The van der Waals surface area contributed by atoms with Crippen LogP contribution in [0.5, 0.6) is 5.75 Å². The van der Waals surface area contributed by atoms with E-state index in [-0.39, 0.29) is 17.5 Å². The second-order valence-corrected chi connectivity index (χ2v) is 9.05. The van der Waals surface area contributed by atoms with E-state index in [1.807, 2.05) is 0 Å². The molecule has 33 heavy (non-hydrogen) atoms. The van der Waals surface area contributed by atoms with Crippen LogP contribution in [0.25, 0.3) is 0 Å². The summed E-state index contributed by atoms with van der Waals surface area (Å²) in [5, 5.41) is 31.7. The number of hydrogen-bond acceptors (Lipinski definition) is 9. The molecule has 2 saturated carbocycles. The highest BCUT2D eigenvalue weighted by molar-refractivity contribution is 6.32. The first-order valence-electron chi connectivity index (χ1n) is 10.2. The summed E-state index contributed by atoms with van der Waals surface area (Å²) in [5.41, 5.74) is 1.99. The van der Waals surface area contributed by atoms with Crippen molar-refractivity contribution in [3.05, 3.63) is 29.3 Å². The van der Waals surface area contributed by atoms with Gasteiger partial charge >= 0.3 is 5.97 Å². The van der Waals surface area contributed by atoms with Gasteiger partial charge in [0.1, 0.15) is 5.75 Å². The number of primary amides is 1. The van der Waals surface area contributed by atoms with Crippen molar-refractivity contribution in [2.24, 2.45) is 29.4 Å². The molecule has 0 aromatic heterocycles. The van der Waals surface area contributed by atoms with E-state index in [2.05, 4.69) is 0 Å². The van der Waals surface area contributed by atoms with Crippen molar-refractivity contribution >= 4 is 35.0 Å². The number of nitrogens with zero attached hydrogens (tertiary/aromatic N) is 1.